The lowest BCUT2D eigenvalue weighted by molar-refractivity contribution is -0.138. The zero-order chi connectivity index (χ0) is 12.1. The summed E-state index contributed by atoms with van der Waals surface area (Å²) < 4.78 is 4.97. The van der Waals surface area contributed by atoms with E-state index in [0.29, 0.717) is 13.0 Å². The van der Waals surface area contributed by atoms with Crippen LogP contribution >= 0.6 is 0 Å². The van der Waals surface area contributed by atoms with Crippen molar-refractivity contribution in [3.63, 3.8) is 0 Å². The number of nitrogens with one attached hydrogen (secondary N) is 1. The van der Waals surface area contributed by atoms with Crippen LogP contribution in [0.1, 0.15) is 26.2 Å². The number of carbonyl (C=O) groups excluding carboxylic acids is 3. The van der Waals surface area contributed by atoms with E-state index in [0.717, 1.165) is 11.3 Å². The Hall–Kier alpha value is -1.43. The van der Waals surface area contributed by atoms with Gasteiger partial charge in [0.15, 0.2) is 0 Å². The number of hydrogen-bond donors (Lipinski definition) is 1. The molecule has 1 atom stereocenters. The second kappa shape index (κ2) is 5.60. The number of imide groups is 2. The van der Waals surface area contributed by atoms with Gasteiger partial charge in [0.1, 0.15) is 6.42 Å². The molecule has 1 aliphatic rings. The molecule has 0 radical (unpaired) electrons. The predicted molar refractivity (Wildman–Crippen MR) is 55.6 cm³/mol. The Morgan fingerprint density at radius 2 is 2.12 bits per heavy atom. The van der Waals surface area contributed by atoms with E-state index in [4.69, 9.17) is 4.74 Å². The number of ether oxygens (including phenoxy) is 1. The van der Waals surface area contributed by atoms with Crippen molar-refractivity contribution in [1.29, 1.82) is 0 Å². The van der Waals surface area contributed by atoms with E-state index >= 15 is 0 Å². The van der Waals surface area contributed by atoms with E-state index in [1.54, 1.807) is 0 Å². The molecule has 90 valence electrons. The van der Waals surface area contributed by atoms with Crippen LogP contribution in [0.15, 0.2) is 0 Å². The van der Waals surface area contributed by atoms with Gasteiger partial charge in [0.2, 0.25) is 11.8 Å². The van der Waals surface area contributed by atoms with Gasteiger partial charge in [-0.1, -0.05) is 13.3 Å². The number of carbonyl (C=O) groups is 3. The first-order valence-electron chi connectivity index (χ1n) is 5.25. The number of amides is 4. The highest BCUT2D eigenvalue weighted by atomic mass is 16.5. The van der Waals surface area contributed by atoms with Crippen LogP contribution < -0.4 is 5.32 Å². The van der Waals surface area contributed by atoms with E-state index < -0.39 is 17.8 Å². The van der Waals surface area contributed by atoms with Crippen molar-refractivity contribution in [3.05, 3.63) is 0 Å². The summed E-state index contributed by atoms with van der Waals surface area (Å²) in [4.78, 5) is 35.2. The first-order chi connectivity index (χ1) is 7.60. The smallest absolute Gasteiger partial charge is 0.331 e. The molecule has 1 unspecified atom stereocenters. The van der Waals surface area contributed by atoms with Crippen molar-refractivity contribution in [1.82, 2.24) is 10.2 Å². The van der Waals surface area contributed by atoms with E-state index in [2.05, 4.69) is 5.32 Å². The van der Waals surface area contributed by atoms with Crippen molar-refractivity contribution >= 4 is 17.8 Å². The molecule has 4 amide bonds. The number of hydrogen-bond acceptors (Lipinski definition) is 4. The monoisotopic (exact) mass is 228 g/mol. The molecule has 1 fully saturated rings. The Labute approximate surface area is 93.9 Å². The van der Waals surface area contributed by atoms with Crippen LogP contribution in [0, 0.1) is 0 Å². The lowest BCUT2D eigenvalue weighted by Crippen LogP contribution is -2.57. The number of methoxy groups -OCH3 is 1. The fraction of sp³-hybridized carbons (Fsp3) is 0.700. The van der Waals surface area contributed by atoms with Crippen LogP contribution in [0.4, 0.5) is 4.79 Å². The topological polar surface area (TPSA) is 75.7 Å². The van der Waals surface area contributed by atoms with Gasteiger partial charge in [0.25, 0.3) is 0 Å². The molecule has 1 aliphatic heterocycles. The highest BCUT2D eigenvalue weighted by molar-refractivity contribution is 6.14. The van der Waals surface area contributed by atoms with Crippen LogP contribution in [0.5, 0.6) is 0 Å². The number of rotatable bonds is 5. The molecule has 0 aromatic heterocycles. The normalized spacial score (nSPS) is 18.6. The second-order valence-corrected chi connectivity index (χ2v) is 3.69. The zero-order valence-electron chi connectivity index (χ0n) is 9.49. The molecule has 0 aliphatic carbocycles. The number of urea groups is 1. The maximum absolute atomic E-state index is 11.6. The molecule has 6 heteroatoms. The zero-order valence-corrected chi connectivity index (χ0v) is 9.49. The van der Waals surface area contributed by atoms with Gasteiger partial charge in [-0.2, -0.15) is 0 Å². The van der Waals surface area contributed by atoms with Crippen molar-refractivity contribution in [2.24, 2.45) is 0 Å². The molecule has 0 aromatic carbocycles. The van der Waals surface area contributed by atoms with E-state index in [1.807, 2.05) is 6.92 Å². The molecule has 16 heavy (non-hydrogen) atoms. The summed E-state index contributed by atoms with van der Waals surface area (Å²) in [5.41, 5.74) is 0. The maximum atomic E-state index is 11.6. The summed E-state index contributed by atoms with van der Waals surface area (Å²) in [5, 5.41) is 2.13. The molecule has 6 nitrogen and oxygen atoms in total. The van der Waals surface area contributed by atoms with Crippen LogP contribution in [0.2, 0.25) is 0 Å². The molecule has 1 N–H and O–H groups in total. The third-order valence-corrected chi connectivity index (χ3v) is 2.39. The quantitative estimate of drug-likeness (QED) is 0.685. The van der Waals surface area contributed by atoms with Gasteiger partial charge in [0.05, 0.1) is 12.6 Å². The minimum atomic E-state index is -0.642. The average Bonchev–Trinajstić information content (AvgIpc) is 2.16. The molecule has 0 saturated carbocycles. The van der Waals surface area contributed by atoms with Gasteiger partial charge in [0, 0.05) is 7.11 Å². The summed E-state index contributed by atoms with van der Waals surface area (Å²) in [6.07, 6.45) is 1.23. The van der Waals surface area contributed by atoms with Crippen molar-refractivity contribution in [2.45, 2.75) is 32.2 Å². The summed E-state index contributed by atoms with van der Waals surface area (Å²) in [7, 11) is 1.51. The minimum absolute atomic E-state index is 0.268. The molecular weight excluding hydrogens is 212 g/mol. The first-order valence-corrected chi connectivity index (χ1v) is 5.25. The summed E-state index contributed by atoms with van der Waals surface area (Å²) >= 11 is 0. The summed E-state index contributed by atoms with van der Waals surface area (Å²) in [6, 6.07) is -0.938. The maximum Gasteiger partial charge on any atom is 0.331 e. The van der Waals surface area contributed by atoms with Gasteiger partial charge in [-0.25, -0.2) is 4.79 Å². The number of nitrogens with zero attached hydrogens (tertiary/aromatic N) is 1. The van der Waals surface area contributed by atoms with Gasteiger partial charge in [-0.3, -0.25) is 19.8 Å². The van der Waals surface area contributed by atoms with E-state index in [-0.39, 0.29) is 12.5 Å². The van der Waals surface area contributed by atoms with Crippen LogP contribution in [0.25, 0.3) is 0 Å². The van der Waals surface area contributed by atoms with Crippen LogP contribution in [-0.4, -0.2) is 42.5 Å². The third kappa shape index (κ3) is 2.79. The standard InChI is InChI=1S/C10H16N2O4/c1-3-4-7(6-16-2)12-9(14)5-8(13)11-10(12)15/h7H,3-6H2,1-2H3,(H,11,13,15). The fourth-order valence-electron chi connectivity index (χ4n) is 1.74. The van der Waals surface area contributed by atoms with Gasteiger partial charge >= 0.3 is 6.03 Å². The van der Waals surface area contributed by atoms with Crippen LogP contribution in [-0.2, 0) is 14.3 Å². The van der Waals surface area contributed by atoms with E-state index in [1.165, 1.54) is 7.11 Å². The predicted octanol–water partition coefficient (Wildman–Crippen LogP) is 0.270. The highest BCUT2D eigenvalue weighted by Crippen LogP contribution is 2.13. The van der Waals surface area contributed by atoms with Crippen molar-refractivity contribution < 1.29 is 19.1 Å². The summed E-state index contributed by atoms with van der Waals surface area (Å²) in [5.74, 6) is -0.997. The molecule has 1 rings (SSSR count). The Bertz CT molecular complexity index is 277. The van der Waals surface area contributed by atoms with Gasteiger partial charge in [-0.05, 0) is 6.42 Å². The first kappa shape index (κ1) is 12.6. The fourth-order valence-corrected chi connectivity index (χ4v) is 1.74. The average molecular weight is 228 g/mol. The van der Waals surface area contributed by atoms with Crippen LogP contribution in [0.3, 0.4) is 0 Å². The molecular formula is C10H16N2O4. The lowest BCUT2D eigenvalue weighted by Gasteiger charge is -2.31. The molecule has 0 aromatic rings. The minimum Gasteiger partial charge on any atom is -0.383 e. The second-order valence-electron chi connectivity index (χ2n) is 3.69. The summed E-state index contributed by atoms with van der Waals surface area (Å²) in [6.45, 7) is 2.25. The third-order valence-electron chi connectivity index (χ3n) is 2.39. The Morgan fingerprint density at radius 1 is 1.44 bits per heavy atom. The van der Waals surface area contributed by atoms with Gasteiger partial charge in [-0.15, -0.1) is 0 Å². The Morgan fingerprint density at radius 3 is 2.62 bits per heavy atom. The van der Waals surface area contributed by atoms with Crippen molar-refractivity contribution in [2.75, 3.05) is 13.7 Å². The largest absolute Gasteiger partial charge is 0.383 e. The molecule has 1 heterocycles. The Kier molecular flexibility index (Phi) is 4.42. The molecule has 0 bridgehead atoms. The highest BCUT2D eigenvalue weighted by Gasteiger charge is 2.35. The Balaban J connectivity index is 2.77. The van der Waals surface area contributed by atoms with Gasteiger partial charge < -0.3 is 4.74 Å². The van der Waals surface area contributed by atoms with Crippen molar-refractivity contribution in [3.8, 4) is 0 Å². The lowest BCUT2D eigenvalue weighted by atomic mass is 10.1. The molecule has 1 saturated heterocycles. The SMILES string of the molecule is CCCC(COC)N1C(=O)CC(=O)NC1=O. The number of barbiturate groups is 1. The van der Waals surface area contributed by atoms with E-state index in [9.17, 15) is 14.4 Å². The molecule has 0 spiro atoms.